The Hall–Kier alpha value is -0.240. The van der Waals surface area contributed by atoms with Crippen LogP contribution in [0.5, 0.6) is 0 Å². The molecule has 112 valence electrons. The van der Waals surface area contributed by atoms with Gasteiger partial charge >= 0.3 is 0 Å². The van der Waals surface area contributed by atoms with Gasteiger partial charge in [-0.15, -0.1) is 0 Å². The number of hydrogen-bond donors (Lipinski definition) is 1. The summed E-state index contributed by atoms with van der Waals surface area (Å²) in [4.78, 5) is 0. The van der Waals surface area contributed by atoms with E-state index in [9.17, 15) is 5.11 Å². The molecular formula is C17H24Cl2O. The van der Waals surface area contributed by atoms with E-state index in [-0.39, 0.29) is 0 Å². The maximum atomic E-state index is 10.9. The van der Waals surface area contributed by atoms with Crippen molar-refractivity contribution in [2.45, 2.75) is 58.0 Å². The van der Waals surface area contributed by atoms with Gasteiger partial charge in [0.25, 0.3) is 0 Å². The second-order valence-electron chi connectivity index (χ2n) is 6.57. The van der Waals surface area contributed by atoms with Crippen molar-refractivity contribution in [1.29, 1.82) is 0 Å². The minimum Gasteiger partial charge on any atom is -0.390 e. The van der Waals surface area contributed by atoms with Crippen molar-refractivity contribution in [2.75, 3.05) is 0 Å². The first-order valence-corrected chi connectivity index (χ1v) is 8.31. The summed E-state index contributed by atoms with van der Waals surface area (Å²) in [6.07, 6.45) is 5.75. The Labute approximate surface area is 132 Å². The lowest BCUT2D eigenvalue weighted by Gasteiger charge is -2.27. The maximum Gasteiger partial charge on any atom is 0.0688 e. The van der Waals surface area contributed by atoms with Crippen LogP contribution in [0, 0.1) is 11.8 Å². The largest absolute Gasteiger partial charge is 0.390 e. The van der Waals surface area contributed by atoms with Gasteiger partial charge in [-0.25, -0.2) is 0 Å². The van der Waals surface area contributed by atoms with Crippen molar-refractivity contribution in [1.82, 2.24) is 0 Å². The number of aliphatic hydroxyl groups is 1. The van der Waals surface area contributed by atoms with E-state index in [4.69, 9.17) is 23.2 Å². The molecule has 0 heterocycles. The molecule has 2 unspecified atom stereocenters. The molecule has 1 N–H and O–H groups in total. The monoisotopic (exact) mass is 314 g/mol. The van der Waals surface area contributed by atoms with Gasteiger partial charge in [-0.3, -0.25) is 0 Å². The molecule has 0 aliphatic heterocycles. The molecule has 2 atom stereocenters. The van der Waals surface area contributed by atoms with Crippen molar-refractivity contribution in [3.8, 4) is 0 Å². The van der Waals surface area contributed by atoms with Crippen LogP contribution in [0.4, 0.5) is 0 Å². The molecule has 0 spiro atoms. The number of rotatable bonds is 3. The van der Waals surface area contributed by atoms with Crippen molar-refractivity contribution < 1.29 is 5.11 Å². The van der Waals surface area contributed by atoms with Crippen LogP contribution in [0.3, 0.4) is 0 Å². The molecule has 0 amide bonds. The van der Waals surface area contributed by atoms with Crippen LogP contribution in [-0.4, -0.2) is 10.7 Å². The molecule has 1 fully saturated rings. The summed E-state index contributed by atoms with van der Waals surface area (Å²) >= 11 is 12.3. The second kappa shape index (κ2) is 6.68. The van der Waals surface area contributed by atoms with Gasteiger partial charge in [0.15, 0.2) is 0 Å². The predicted octanol–water partition coefficient (Wildman–Crippen LogP) is 5.50. The third-order valence-electron chi connectivity index (χ3n) is 4.67. The molecule has 3 heteroatoms. The molecule has 1 aromatic carbocycles. The Morgan fingerprint density at radius 1 is 1.25 bits per heavy atom. The smallest absolute Gasteiger partial charge is 0.0688 e. The maximum absolute atomic E-state index is 10.9. The van der Waals surface area contributed by atoms with Gasteiger partial charge in [-0.1, -0.05) is 49.9 Å². The lowest BCUT2D eigenvalue weighted by atomic mass is 9.85. The van der Waals surface area contributed by atoms with E-state index >= 15 is 0 Å². The summed E-state index contributed by atoms with van der Waals surface area (Å²) in [5.41, 5.74) is 0.336. The van der Waals surface area contributed by atoms with Crippen LogP contribution < -0.4 is 0 Å². The Kier molecular flexibility index (Phi) is 5.39. The first-order chi connectivity index (χ1) is 9.39. The zero-order chi connectivity index (χ0) is 14.8. The van der Waals surface area contributed by atoms with Gasteiger partial charge in [0.2, 0.25) is 0 Å². The minimum absolute atomic E-state index is 0.608. The molecule has 0 aromatic heterocycles. The first-order valence-electron chi connectivity index (χ1n) is 7.56. The standard InChI is InChI=1S/C17H24Cl2O/c1-12(2)13-4-3-8-17(20,9-7-13)11-14-10-15(18)5-6-16(14)19/h5-6,10,12-13,20H,3-4,7-9,11H2,1-2H3. The van der Waals surface area contributed by atoms with E-state index in [0.29, 0.717) is 22.4 Å². The van der Waals surface area contributed by atoms with Crippen molar-refractivity contribution >= 4 is 23.2 Å². The topological polar surface area (TPSA) is 20.2 Å². The fourth-order valence-electron chi connectivity index (χ4n) is 3.29. The quantitative estimate of drug-likeness (QED) is 0.730. The average molecular weight is 315 g/mol. The summed E-state index contributed by atoms with van der Waals surface area (Å²) in [5.74, 6) is 1.44. The Morgan fingerprint density at radius 3 is 2.70 bits per heavy atom. The molecule has 1 saturated carbocycles. The Morgan fingerprint density at radius 2 is 2.00 bits per heavy atom. The van der Waals surface area contributed by atoms with E-state index in [1.54, 1.807) is 6.07 Å². The van der Waals surface area contributed by atoms with Gasteiger partial charge in [0.05, 0.1) is 5.60 Å². The Balaban J connectivity index is 2.09. The van der Waals surface area contributed by atoms with Gasteiger partial charge in [-0.05, 0) is 54.9 Å². The fourth-order valence-corrected chi connectivity index (χ4v) is 3.67. The third-order valence-corrected chi connectivity index (χ3v) is 5.27. The van der Waals surface area contributed by atoms with Gasteiger partial charge in [-0.2, -0.15) is 0 Å². The lowest BCUT2D eigenvalue weighted by Crippen LogP contribution is -2.31. The predicted molar refractivity (Wildman–Crippen MR) is 86.5 cm³/mol. The molecule has 2 rings (SSSR count). The molecule has 1 aromatic rings. The van der Waals surface area contributed by atoms with Gasteiger partial charge in [0.1, 0.15) is 0 Å². The second-order valence-corrected chi connectivity index (χ2v) is 7.42. The number of hydrogen-bond acceptors (Lipinski definition) is 1. The van der Waals surface area contributed by atoms with Crippen molar-refractivity contribution in [2.24, 2.45) is 11.8 Å². The van der Waals surface area contributed by atoms with Crippen LogP contribution in [-0.2, 0) is 6.42 Å². The van der Waals surface area contributed by atoms with E-state index < -0.39 is 5.60 Å². The molecule has 0 bridgehead atoms. The van der Waals surface area contributed by atoms with E-state index in [1.807, 2.05) is 12.1 Å². The third kappa shape index (κ3) is 4.13. The van der Waals surface area contributed by atoms with Crippen LogP contribution in [0.1, 0.15) is 51.5 Å². The molecule has 20 heavy (non-hydrogen) atoms. The highest BCUT2D eigenvalue weighted by atomic mass is 35.5. The molecule has 0 saturated heterocycles. The zero-order valence-electron chi connectivity index (χ0n) is 12.3. The summed E-state index contributed by atoms with van der Waals surface area (Å²) in [7, 11) is 0. The average Bonchev–Trinajstić information content (AvgIpc) is 2.56. The van der Waals surface area contributed by atoms with Gasteiger partial charge < -0.3 is 5.11 Å². The molecule has 1 aliphatic carbocycles. The highest BCUT2D eigenvalue weighted by molar-refractivity contribution is 6.33. The van der Waals surface area contributed by atoms with Crippen molar-refractivity contribution in [3.63, 3.8) is 0 Å². The normalized spacial score (nSPS) is 27.6. The summed E-state index contributed by atoms with van der Waals surface area (Å²) in [6, 6.07) is 5.49. The van der Waals surface area contributed by atoms with Crippen LogP contribution in [0.25, 0.3) is 0 Å². The summed E-state index contributed by atoms with van der Waals surface area (Å²) in [6.45, 7) is 4.56. The van der Waals surface area contributed by atoms with Crippen LogP contribution >= 0.6 is 23.2 Å². The van der Waals surface area contributed by atoms with E-state index in [1.165, 1.54) is 6.42 Å². The summed E-state index contributed by atoms with van der Waals surface area (Å²) < 4.78 is 0. The van der Waals surface area contributed by atoms with Crippen LogP contribution in [0.15, 0.2) is 18.2 Å². The van der Waals surface area contributed by atoms with E-state index in [0.717, 1.165) is 37.2 Å². The highest BCUT2D eigenvalue weighted by Crippen LogP contribution is 2.37. The highest BCUT2D eigenvalue weighted by Gasteiger charge is 2.32. The number of halogens is 2. The first kappa shape index (κ1) is 16.1. The Bertz CT molecular complexity index is 458. The minimum atomic E-state index is -0.627. The van der Waals surface area contributed by atoms with E-state index in [2.05, 4.69) is 13.8 Å². The summed E-state index contributed by atoms with van der Waals surface area (Å²) in [5, 5.41) is 12.3. The molecule has 0 radical (unpaired) electrons. The molecule has 1 aliphatic rings. The van der Waals surface area contributed by atoms with Gasteiger partial charge in [0, 0.05) is 16.5 Å². The molecule has 1 nitrogen and oxygen atoms in total. The van der Waals surface area contributed by atoms with Crippen LogP contribution in [0.2, 0.25) is 10.0 Å². The lowest BCUT2D eigenvalue weighted by molar-refractivity contribution is 0.0237. The SMILES string of the molecule is CC(C)C1CCCC(O)(Cc2cc(Cl)ccc2Cl)CC1. The zero-order valence-corrected chi connectivity index (χ0v) is 13.8. The van der Waals surface area contributed by atoms with Crippen molar-refractivity contribution in [3.05, 3.63) is 33.8 Å². The molecular weight excluding hydrogens is 291 g/mol. The fraction of sp³-hybridized carbons (Fsp3) is 0.647. The number of benzene rings is 1.